The van der Waals surface area contributed by atoms with Gasteiger partial charge in [0.2, 0.25) is 11.8 Å². The van der Waals surface area contributed by atoms with Crippen LogP contribution in [0.1, 0.15) is 79.6 Å². The van der Waals surface area contributed by atoms with Gasteiger partial charge in [-0.2, -0.15) is 0 Å². The number of hydroxylamine groups is 1. The second kappa shape index (κ2) is 18.5. The van der Waals surface area contributed by atoms with E-state index in [1.165, 1.54) is 4.90 Å². The molecule has 0 aliphatic carbocycles. The van der Waals surface area contributed by atoms with Gasteiger partial charge in [-0.05, 0) is 58.9 Å². The predicted octanol–water partition coefficient (Wildman–Crippen LogP) is 7.65. The van der Waals surface area contributed by atoms with E-state index >= 15 is 0 Å². The SMILES string of the molecule is O=C(CCCCCCC(=O)NCc1cccc(-c2ccc([C@@H]3O[C@H](CSc4ccccc4)C[C@H](c4ccc(CO)cc4)O3)cc2)c1)NO. The lowest BCUT2D eigenvalue weighted by atomic mass is 9.99. The molecule has 1 heterocycles. The molecule has 0 saturated carbocycles. The van der Waals surface area contributed by atoms with Gasteiger partial charge in [0.15, 0.2) is 6.29 Å². The van der Waals surface area contributed by atoms with Crippen LogP contribution in [-0.2, 0) is 32.2 Å². The first-order valence-electron chi connectivity index (χ1n) is 16.6. The molecule has 0 spiro atoms. The average Bonchev–Trinajstić information content (AvgIpc) is 3.15. The molecule has 0 bridgehead atoms. The maximum Gasteiger partial charge on any atom is 0.243 e. The molecule has 0 radical (unpaired) electrons. The molecule has 3 atom stereocenters. The molecule has 252 valence electrons. The lowest BCUT2D eigenvalue weighted by molar-refractivity contribution is -0.245. The highest BCUT2D eigenvalue weighted by molar-refractivity contribution is 7.99. The highest BCUT2D eigenvalue weighted by Crippen LogP contribution is 2.40. The number of amides is 2. The zero-order chi connectivity index (χ0) is 33.6. The Morgan fingerprint density at radius 2 is 1.44 bits per heavy atom. The first-order valence-corrected chi connectivity index (χ1v) is 17.6. The quantitative estimate of drug-likeness (QED) is 0.0420. The third kappa shape index (κ3) is 10.8. The first-order chi connectivity index (χ1) is 23.5. The minimum atomic E-state index is -0.515. The number of unbranched alkanes of at least 4 members (excludes halogenated alkanes) is 3. The van der Waals surface area contributed by atoms with Gasteiger partial charge in [-0.3, -0.25) is 14.8 Å². The van der Waals surface area contributed by atoms with Crippen LogP contribution in [0, 0.1) is 0 Å². The van der Waals surface area contributed by atoms with Crippen molar-refractivity contribution >= 4 is 23.6 Å². The number of hydrogen-bond acceptors (Lipinski definition) is 7. The van der Waals surface area contributed by atoms with Crippen molar-refractivity contribution in [3.63, 3.8) is 0 Å². The second-order valence-electron chi connectivity index (χ2n) is 12.0. The molecule has 1 aliphatic rings. The molecule has 0 aromatic heterocycles. The van der Waals surface area contributed by atoms with Crippen molar-refractivity contribution in [1.29, 1.82) is 0 Å². The molecule has 4 aromatic rings. The van der Waals surface area contributed by atoms with Crippen LogP contribution in [0.2, 0.25) is 0 Å². The summed E-state index contributed by atoms with van der Waals surface area (Å²) in [5.41, 5.74) is 7.67. The normalized spacial score (nSPS) is 17.5. The number of rotatable bonds is 16. The third-order valence-corrected chi connectivity index (χ3v) is 9.55. The smallest absolute Gasteiger partial charge is 0.243 e. The number of benzene rings is 4. The van der Waals surface area contributed by atoms with Crippen molar-refractivity contribution < 1.29 is 29.4 Å². The van der Waals surface area contributed by atoms with E-state index in [0.717, 1.165) is 64.8 Å². The number of carbonyl (C=O) groups is 2. The van der Waals surface area contributed by atoms with E-state index in [1.807, 2.05) is 54.6 Å². The van der Waals surface area contributed by atoms with Gasteiger partial charge in [0.05, 0.1) is 18.8 Å². The third-order valence-electron chi connectivity index (χ3n) is 8.41. The zero-order valence-electron chi connectivity index (χ0n) is 27.1. The van der Waals surface area contributed by atoms with Crippen molar-refractivity contribution in [3.05, 3.63) is 125 Å². The van der Waals surface area contributed by atoms with Gasteiger partial charge in [-0.15, -0.1) is 11.8 Å². The lowest BCUT2D eigenvalue weighted by Crippen LogP contribution is -2.31. The molecule has 2 amide bonds. The minimum Gasteiger partial charge on any atom is -0.392 e. The van der Waals surface area contributed by atoms with Gasteiger partial charge in [0.1, 0.15) is 0 Å². The van der Waals surface area contributed by atoms with Crippen molar-refractivity contribution in [1.82, 2.24) is 10.8 Å². The Morgan fingerprint density at radius 1 is 0.729 bits per heavy atom. The number of aliphatic hydroxyl groups is 1. The topological polar surface area (TPSA) is 117 Å². The molecular weight excluding hydrogens is 625 g/mol. The lowest BCUT2D eigenvalue weighted by Gasteiger charge is -2.36. The van der Waals surface area contributed by atoms with Crippen molar-refractivity contribution in [3.8, 4) is 11.1 Å². The Bertz CT molecular complexity index is 1580. The number of carbonyl (C=O) groups excluding carboxylic acids is 2. The van der Waals surface area contributed by atoms with E-state index in [-0.39, 0.29) is 30.6 Å². The van der Waals surface area contributed by atoms with Crippen LogP contribution in [-0.4, -0.2) is 34.0 Å². The molecule has 8 nitrogen and oxygen atoms in total. The fourth-order valence-corrected chi connectivity index (χ4v) is 6.63. The Kier molecular flexibility index (Phi) is 13.6. The van der Waals surface area contributed by atoms with Crippen LogP contribution in [0.4, 0.5) is 0 Å². The van der Waals surface area contributed by atoms with E-state index in [4.69, 9.17) is 14.7 Å². The van der Waals surface area contributed by atoms with Crippen molar-refractivity contribution in [2.24, 2.45) is 0 Å². The highest BCUT2D eigenvalue weighted by Gasteiger charge is 2.32. The largest absolute Gasteiger partial charge is 0.392 e. The van der Waals surface area contributed by atoms with Gasteiger partial charge in [-0.1, -0.05) is 97.8 Å². The number of hydrogen-bond donors (Lipinski definition) is 4. The first kappa shape index (κ1) is 35.3. The molecule has 48 heavy (non-hydrogen) atoms. The van der Waals surface area contributed by atoms with Crippen LogP contribution < -0.4 is 10.8 Å². The van der Waals surface area contributed by atoms with E-state index in [0.29, 0.717) is 25.8 Å². The number of ether oxygens (including phenoxy) is 2. The van der Waals surface area contributed by atoms with Crippen LogP contribution in [0.25, 0.3) is 11.1 Å². The summed E-state index contributed by atoms with van der Waals surface area (Å²) in [7, 11) is 0. The zero-order valence-corrected chi connectivity index (χ0v) is 27.9. The Balaban J connectivity index is 1.18. The predicted molar refractivity (Wildman–Crippen MR) is 187 cm³/mol. The Morgan fingerprint density at radius 3 is 2.15 bits per heavy atom. The monoisotopic (exact) mass is 668 g/mol. The summed E-state index contributed by atoms with van der Waals surface area (Å²) in [6, 6.07) is 34.7. The standard InChI is InChI=1S/C39H44N2O6S/c42-26-28-15-17-31(18-16-28)36-24-34(27-48-35-11-4-3-5-12-35)46-39(47-36)32-21-19-30(20-22-32)33-10-8-9-29(23-33)25-40-37(43)13-6-1-2-7-14-38(44)41-45/h3-5,8-12,15-23,34,36,39,42,45H,1-2,6-7,13-14,24-27H2,(H,40,43)(H,41,44)/t34-,36+,39+/m0/s1. The van der Waals surface area contributed by atoms with Crippen LogP contribution >= 0.6 is 11.8 Å². The van der Waals surface area contributed by atoms with E-state index in [2.05, 4.69) is 53.8 Å². The Labute approximate surface area is 286 Å². The Hall–Kier alpha value is -3.99. The fraction of sp³-hybridized carbons (Fsp3) is 0.333. The van der Waals surface area contributed by atoms with E-state index in [1.54, 1.807) is 17.2 Å². The van der Waals surface area contributed by atoms with Crippen LogP contribution in [0.15, 0.2) is 108 Å². The molecule has 5 rings (SSSR count). The summed E-state index contributed by atoms with van der Waals surface area (Å²) >= 11 is 1.78. The molecular formula is C39H44N2O6S. The number of nitrogens with one attached hydrogen (secondary N) is 2. The summed E-state index contributed by atoms with van der Waals surface area (Å²) in [6.07, 6.45) is 3.97. The molecule has 1 aliphatic heterocycles. The van der Waals surface area contributed by atoms with Gasteiger partial charge in [0.25, 0.3) is 0 Å². The summed E-state index contributed by atoms with van der Waals surface area (Å²) in [4.78, 5) is 24.7. The molecule has 1 fully saturated rings. The maximum absolute atomic E-state index is 12.4. The molecule has 1 saturated heterocycles. The van der Waals surface area contributed by atoms with Crippen LogP contribution in [0.5, 0.6) is 0 Å². The molecule has 0 unspecified atom stereocenters. The van der Waals surface area contributed by atoms with Gasteiger partial charge in [0, 0.05) is 42.0 Å². The average molecular weight is 669 g/mol. The number of thioether (sulfide) groups is 1. The summed E-state index contributed by atoms with van der Waals surface area (Å²) in [5, 5.41) is 21.1. The number of aliphatic hydroxyl groups excluding tert-OH is 1. The highest BCUT2D eigenvalue weighted by atomic mass is 32.2. The molecule has 4 N–H and O–H groups in total. The summed E-state index contributed by atoms with van der Waals surface area (Å²) in [6.45, 7) is 0.462. The van der Waals surface area contributed by atoms with Gasteiger partial charge < -0.3 is 19.9 Å². The van der Waals surface area contributed by atoms with E-state index in [9.17, 15) is 14.7 Å². The second-order valence-corrected chi connectivity index (χ2v) is 13.1. The van der Waals surface area contributed by atoms with Gasteiger partial charge >= 0.3 is 0 Å². The maximum atomic E-state index is 12.4. The van der Waals surface area contributed by atoms with Crippen molar-refractivity contribution in [2.45, 2.75) is 81.5 Å². The minimum absolute atomic E-state index is 0.00783. The van der Waals surface area contributed by atoms with Gasteiger partial charge in [-0.25, -0.2) is 5.48 Å². The van der Waals surface area contributed by atoms with Crippen molar-refractivity contribution in [2.75, 3.05) is 5.75 Å². The fourth-order valence-electron chi connectivity index (χ4n) is 5.69. The molecule has 4 aromatic carbocycles. The van der Waals surface area contributed by atoms with Crippen LogP contribution in [0.3, 0.4) is 0 Å². The summed E-state index contributed by atoms with van der Waals surface area (Å²) < 4.78 is 13.1. The van der Waals surface area contributed by atoms with E-state index < -0.39 is 6.29 Å². The molecule has 9 heteroatoms. The summed E-state index contributed by atoms with van der Waals surface area (Å²) in [5.74, 6) is 0.437.